The molecule has 0 aromatic heterocycles. The summed E-state index contributed by atoms with van der Waals surface area (Å²) in [5.74, 6) is -0.0468. The second kappa shape index (κ2) is 8.02. The molecule has 2 heterocycles. The molecule has 9 heteroatoms. The van der Waals surface area contributed by atoms with E-state index in [0.29, 0.717) is 16.2 Å². The Morgan fingerprint density at radius 3 is 2.43 bits per heavy atom. The quantitative estimate of drug-likeness (QED) is 0.516. The fourth-order valence-corrected chi connectivity index (χ4v) is 5.27. The van der Waals surface area contributed by atoms with Crippen molar-refractivity contribution in [1.82, 2.24) is 4.90 Å². The van der Waals surface area contributed by atoms with Gasteiger partial charge in [0.2, 0.25) is 11.8 Å². The van der Waals surface area contributed by atoms with E-state index in [0.717, 1.165) is 48.3 Å². The van der Waals surface area contributed by atoms with Crippen LogP contribution in [0.2, 0.25) is 0 Å². The Morgan fingerprint density at radius 1 is 1.18 bits per heavy atom. The van der Waals surface area contributed by atoms with Crippen LogP contribution in [0.4, 0.5) is 18.9 Å². The average Bonchev–Trinajstić information content (AvgIpc) is 2.87. The number of nitrogens with zero attached hydrogens (tertiary/aromatic N) is 2. The Labute approximate surface area is 171 Å². The molecule has 3 atom stereocenters. The highest BCUT2D eigenvalue weighted by Gasteiger charge is 2.42. The largest absolute Gasteiger partial charge is 0.416 e. The number of thioether (sulfide) groups is 1. The van der Waals surface area contributed by atoms with Gasteiger partial charge in [0, 0.05) is 19.5 Å². The van der Waals surface area contributed by atoms with Gasteiger partial charge in [-0.15, -0.1) is 0 Å². The first-order chi connectivity index (χ1) is 13.1. The maximum atomic E-state index is 13.0. The van der Waals surface area contributed by atoms with E-state index in [1.807, 2.05) is 0 Å². The van der Waals surface area contributed by atoms with Crippen LogP contribution in [-0.2, 0) is 15.8 Å². The van der Waals surface area contributed by atoms with Crippen molar-refractivity contribution in [1.29, 1.82) is 0 Å². The summed E-state index contributed by atoms with van der Waals surface area (Å²) in [7, 11) is 0. The summed E-state index contributed by atoms with van der Waals surface area (Å²) >= 11 is 6.65. The second-order valence-electron chi connectivity index (χ2n) is 7.54. The van der Waals surface area contributed by atoms with E-state index in [9.17, 15) is 22.8 Å². The molecule has 2 saturated heterocycles. The number of hydrogen-bond donors (Lipinski definition) is 0. The molecule has 1 aromatic rings. The summed E-state index contributed by atoms with van der Waals surface area (Å²) in [6, 6.07) is 4.27. The normalized spacial score (nSPS) is 26.1. The highest BCUT2D eigenvalue weighted by Crippen LogP contribution is 2.36. The van der Waals surface area contributed by atoms with E-state index in [1.54, 1.807) is 0 Å². The average molecular weight is 431 g/mol. The lowest BCUT2D eigenvalue weighted by molar-refractivity contribution is -0.137. The van der Waals surface area contributed by atoms with Crippen molar-refractivity contribution in [3.05, 3.63) is 29.8 Å². The second-order valence-corrected chi connectivity index (χ2v) is 9.38. The maximum Gasteiger partial charge on any atom is 0.416 e. The van der Waals surface area contributed by atoms with Crippen LogP contribution in [-0.4, -0.2) is 39.4 Å². The highest BCUT2D eigenvalue weighted by molar-refractivity contribution is 8.23. The predicted molar refractivity (Wildman–Crippen MR) is 107 cm³/mol. The van der Waals surface area contributed by atoms with Gasteiger partial charge < -0.3 is 4.90 Å². The number of carbonyl (C=O) groups excluding carboxylic acids is 2. The molecule has 28 heavy (non-hydrogen) atoms. The summed E-state index contributed by atoms with van der Waals surface area (Å²) in [5, 5.41) is -0.706. The third kappa shape index (κ3) is 4.51. The van der Waals surface area contributed by atoms with Crippen molar-refractivity contribution in [2.24, 2.45) is 11.8 Å². The number of alkyl halides is 3. The van der Waals surface area contributed by atoms with E-state index >= 15 is 0 Å². The zero-order chi connectivity index (χ0) is 20.6. The van der Waals surface area contributed by atoms with Gasteiger partial charge in [0.1, 0.15) is 9.57 Å². The van der Waals surface area contributed by atoms with E-state index < -0.39 is 28.8 Å². The number of likely N-dealkylation sites (tertiary alicyclic amines) is 1. The number of amides is 2. The molecular weight excluding hydrogens is 409 g/mol. The molecular formula is C19H21F3N2O2S2. The molecule has 0 bridgehead atoms. The fraction of sp³-hybridized carbons (Fsp3) is 0.526. The number of hydrogen-bond acceptors (Lipinski definition) is 4. The van der Waals surface area contributed by atoms with Gasteiger partial charge in [-0.1, -0.05) is 43.9 Å². The van der Waals surface area contributed by atoms with Crippen LogP contribution in [0, 0.1) is 11.8 Å². The third-order valence-corrected chi connectivity index (χ3v) is 6.57. The van der Waals surface area contributed by atoms with Gasteiger partial charge in [-0.2, -0.15) is 13.2 Å². The zero-order valence-electron chi connectivity index (χ0n) is 15.5. The summed E-state index contributed by atoms with van der Waals surface area (Å²) in [6.45, 7) is 5.91. The van der Waals surface area contributed by atoms with Crippen molar-refractivity contribution < 1.29 is 22.8 Å². The Hall–Kier alpha value is -1.61. The molecule has 2 fully saturated rings. The van der Waals surface area contributed by atoms with Crippen LogP contribution in [0.25, 0.3) is 0 Å². The van der Waals surface area contributed by atoms with E-state index in [4.69, 9.17) is 12.2 Å². The first-order valence-corrected chi connectivity index (χ1v) is 10.3. The number of anilines is 1. The Morgan fingerprint density at radius 2 is 1.82 bits per heavy atom. The van der Waals surface area contributed by atoms with Gasteiger partial charge in [0.15, 0.2) is 0 Å². The number of halogens is 3. The molecule has 1 aromatic carbocycles. The van der Waals surface area contributed by atoms with Crippen molar-refractivity contribution in [3.63, 3.8) is 0 Å². The van der Waals surface area contributed by atoms with Gasteiger partial charge in [0.05, 0.1) is 11.3 Å². The summed E-state index contributed by atoms with van der Waals surface area (Å²) in [5.41, 5.74) is -0.951. The molecule has 2 aliphatic rings. The van der Waals surface area contributed by atoms with Gasteiger partial charge in [0.25, 0.3) is 0 Å². The number of benzene rings is 1. The SMILES string of the molecule is C[C@H]1C[C@H](C)CN(C(=S)S[C@@H]2CC(=O)N(c3cccc(C(F)(F)F)c3)C2=O)C1. The summed E-state index contributed by atoms with van der Waals surface area (Å²) in [6.07, 6.45) is -3.49. The molecule has 0 unspecified atom stereocenters. The topological polar surface area (TPSA) is 40.6 Å². The van der Waals surface area contributed by atoms with Crippen LogP contribution >= 0.6 is 24.0 Å². The molecule has 0 saturated carbocycles. The van der Waals surface area contributed by atoms with Crippen molar-refractivity contribution in [2.75, 3.05) is 18.0 Å². The van der Waals surface area contributed by atoms with Crippen LogP contribution in [0.1, 0.15) is 32.3 Å². The third-order valence-electron chi connectivity index (χ3n) is 4.91. The number of thiocarbonyl (C=S) groups is 1. The first kappa shape index (κ1) is 21.1. The van der Waals surface area contributed by atoms with E-state index in [-0.39, 0.29) is 12.1 Å². The van der Waals surface area contributed by atoms with Crippen molar-refractivity contribution in [3.8, 4) is 0 Å². The summed E-state index contributed by atoms with van der Waals surface area (Å²) in [4.78, 5) is 28.0. The zero-order valence-corrected chi connectivity index (χ0v) is 17.2. The standard InChI is InChI=1S/C19H21F3N2O2S2/c1-11-6-12(2)10-23(9-11)18(27)28-15-8-16(25)24(17(15)26)14-5-3-4-13(7-14)19(20,21)22/h3-5,7,11-12,15H,6,8-10H2,1-2H3/t11-,12-,15+/m0/s1. The van der Waals surface area contributed by atoms with Crippen LogP contribution < -0.4 is 4.90 Å². The molecule has 0 N–H and O–H groups in total. The van der Waals surface area contributed by atoms with Crippen molar-refractivity contribution in [2.45, 2.75) is 38.1 Å². The minimum Gasteiger partial charge on any atom is -0.357 e. The minimum atomic E-state index is -4.54. The maximum absolute atomic E-state index is 13.0. The highest BCUT2D eigenvalue weighted by atomic mass is 32.2. The van der Waals surface area contributed by atoms with E-state index in [2.05, 4.69) is 18.7 Å². The smallest absolute Gasteiger partial charge is 0.357 e. The molecule has 4 nitrogen and oxygen atoms in total. The molecule has 152 valence electrons. The molecule has 0 spiro atoms. The number of piperidine rings is 1. The van der Waals surface area contributed by atoms with Gasteiger partial charge in [-0.05, 0) is 36.5 Å². The van der Waals surface area contributed by atoms with Crippen LogP contribution in [0.3, 0.4) is 0 Å². The Balaban J connectivity index is 1.73. The molecule has 2 aliphatic heterocycles. The van der Waals surface area contributed by atoms with Gasteiger partial charge in [-0.25, -0.2) is 4.90 Å². The predicted octanol–water partition coefficient (Wildman–Crippen LogP) is 4.33. The monoisotopic (exact) mass is 430 g/mol. The molecule has 2 amide bonds. The Kier molecular flexibility index (Phi) is 6.05. The molecule has 0 aliphatic carbocycles. The summed E-state index contributed by atoms with van der Waals surface area (Å²) < 4.78 is 39.4. The van der Waals surface area contributed by atoms with E-state index in [1.165, 1.54) is 12.1 Å². The Bertz CT molecular complexity index is 790. The number of rotatable bonds is 2. The minimum absolute atomic E-state index is 0.0564. The molecule has 0 radical (unpaired) electrons. The first-order valence-electron chi connectivity index (χ1n) is 9.06. The number of imide groups is 1. The molecule has 3 rings (SSSR count). The number of carbonyl (C=O) groups is 2. The lowest BCUT2D eigenvalue weighted by atomic mass is 9.92. The van der Waals surface area contributed by atoms with Crippen LogP contribution in [0.5, 0.6) is 0 Å². The van der Waals surface area contributed by atoms with Crippen LogP contribution in [0.15, 0.2) is 24.3 Å². The van der Waals surface area contributed by atoms with Gasteiger partial charge >= 0.3 is 6.18 Å². The fourth-order valence-electron chi connectivity index (χ4n) is 3.80. The lowest BCUT2D eigenvalue weighted by Gasteiger charge is -2.36. The lowest BCUT2D eigenvalue weighted by Crippen LogP contribution is -2.41. The van der Waals surface area contributed by atoms with Crippen molar-refractivity contribution >= 4 is 45.8 Å². The van der Waals surface area contributed by atoms with Gasteiger partial charge in [-0.3, -0.25) is 9.59 Å².